The highest BCUT2D eigenvalue weighted by Crippen LogP contribution is 2.28. The van der Waals surface area contributed by atoms with Crippen molar-refractivity contribution in [3.8, 4) is 0 Å². The van der Waals surface area contributed by atoms with Crippen LogP contribution in [0.15, 0.2) is 71.1 Å². The molecule has 0 aliphatic heterocycles. The fourth-order valence-electron chi connectivity index (χ4n) is 4.27. The molecule has 0 aliphatic rings. The molecule has 5 nitrogen and oxygen atoms in total. The highest BCUT2D eigenvalue weighted by Gasteiger charge is 2.17. The van der Waals surface area contributed by atoms with Gasteiger partial charge in [0, 0.05) is 23.4 Å². The van der Waals surface area contributed by atoms with Gasteiger partial charge in [-0.3, -0.25) is 9.59 Å². The number of hydrogen-bond donors (Lipinski definition) is 2. The van der Waals surface area contributed by atoms with E-state index in [4.69, 9.17) is 4.42 Å². The fraction of sp³-hybridized carbons (Fsp3) is 0.200. The maximum atomic E-state index is 12.8. The largest absolute Gasteiger partial charge is 0.456 e. The minimum Gasteiger partial charge on any atom is -0.456 e. The third-order valence-electron chi connectivity index (χ3n) is 6.81. The van der Waals surface area contributed by atoms with Crippen molar-refractivity contribution in [2.24, 2.45) is 0 Å². The number of rotatable bonds is 6. The smallest absolute Gasteiger partial charge is 0.291 e. The molecule has 2 N–H and O–H groups in total. The van der Waals surface area contributed by atoms with Crippen LogP contribution in [0.4, 0.5) is 11.4 Å². The molecule has 5 heteroatoms. The van der Waals surface area contributed by atoms with Crippen LogP contribution in [0.1, 0.15) is 60.1 Å². The molecular formula is C30H30N2O3. The third kappa shape index (κ3) is 5.19. The molecule has 0 bridgehead atoms. The normalized spacial score (nSPS) is 10.8. The molecule has 4 aromatic rings. The first-order valence-electron chi connectivity index (χ1n) is 11.7. The van der Waals surface area contributed by atoms with E-state index in [1.54, 1.807) is 30.3 Å². The summed E-state index contributed by atoms with van der Waals surface area (Å²) < 4.78 is 5.91. The van der Waals surface area contributed by atoms with Crippen LogP contribution in [0.5, 0.6) is 0 Å². The minimum absolute atomic E-state index is 0.231. The molecule has 178 valence electrons. The predicted octanol–water partition coefficient (Wildman–Crippen LogP) is 6.92. The average Bonchev–Trinajstić information content (AvgIpc) is 3.34. The summed E-state index contributed by atoms with van der Waals surface area (Å²) in [6, 6.07) is 19.6. The van der Waals surface area contributed by atoms with Crippen molar-refractivity contribution in [1.82, 2.24) is 0 Å². The number of hydrogen-bond acceptors (Lipinski definition) is 3. The van der Waals surface area contributed by atoms with Gasteiger partial charge in [0.2, 0.25) is 0 Å². The Bertz CT molecular complexity index is 1370. The first-order chi connectivity index (χ1) is 16.7. The van der Waals surface area contributed by atoms with Gasteiger partial charge in [0.15, 0.2) is 5.76 Å². The minimum atomic E-state index is -0.360. The molecule has 3 aromatic carbocycles. The van der Waals surface area contributed by atoms with Crippen LogP contribution in [0, 0.1) is 34.6 Å². The molecular weight excluding hydrogens is 436 g/mol. The Balaban J connectivity index is 1.47. The first kappa shape index (κ1) is 24.0. The van der Waals surface area contributed by atoms with Crippen molar-refractivity contribution in [3.63, 3.8) is 0 Å². The number of furan rings is 1. The molecule has 2 amide bonds. The number of para-hydroxylation sites is 1. The Hall–Kier alpha value is -4.12. The van der Waals surface area contributed by atoms with Gasteiger partial charge in [-0.05, 0) is 110 Å². The van der Waals surface area contributed by atoms with Gasteiger partial charge >= 0.3 is 0 Å². The Morgan fingerprint density at radius 3 is 1.94 bits per heavy atom. The van der Waals surface area contributed by atoms with Gasteiger partial charge in [-0.15, -0.1) is 0 Å². The van der Waals surface area contributed by atoms with Gasteiger partial charge in [-0.2, -0.15) is 0 Å². The summed E-state index contributed by atoms with van der Waals surface area (Å²) >= 11 is 0. The van der Waals surface area contributed by atoms with Gasteiger partial charge in [-0.25, -0.2) is 0 Å². The molecule has 0 unspecified atom stereocenters. The van der Waals surface area contributed by atoms with E-state index in [0.29, 0.717) is 23.4 Å². The van der Waals surface area contributed by atoms with E-state index in [9.17, 15) is 9.59 Å². The molecule has 0 fully saturated rings. The zero-order chi connectivity index (χ0) is 25.1. The molecule has 35 heavy (non-hydrogen) atoms. The molecule has 1 aromatic heterocycles. The average molecular weight is 467 g/mol. The van der Waals surface area contributed by atoms with Crippen LogP contribution in [0.2, 0.25) is 0 Å². The van der Waals surface area contributed by atoms with Gasteiger partial charge in [-0.1, -0.05) is 24.3 Å². The maximum absolute atomic E-state index is 12.8. The Labute approximate surface area is 206 Å². The number of nitrogens with one attached hydrogen (secondary N) is 2. The van der Waals surface area contributed by atoms with Crippen LogP contribution in [0.3, 0.4) is 0 Å². The Morgan fingerprint density at radius 1 is 0.657 bits per heavy atom. The van der Waals surface area contributed by atoms with Crippen molar-refractivity contribution < 1.29 is 14.0 Å². The lowest BCUT2D eigenvalue weighted by molar-refractivity contribution is 0.0992. The summed E-state index contributed by atoms with van der Waals surface area (Å²) in [5.41, 5.74) is 9.35. The quantitative estimate of drug-likeness (QED) is 0.324. The summed E-state index contributed by atoms with van der Waals surface area (Å²) in [5.74, 6) is 0.360. The number of anilines is 2. The van der Waals surface area contributed by atoms with Gasteiger partial charge in [0.1, 0.15) is 5.76 Å². The lowest BCUT2D eigenvalue weighted by atomic mass is 9.88. The van der Waals surface area contributed by atoms with E-state index in [1.165, 1.54) is 33.4 Å². The van der Waals surface area contributed by atoms with Crippen molar-refractivity contribution in [1.29, 1.82) is 0 Å². The van der Waals surface area contributed by atoms with E-state index in [0.717, 1.165) is 5.76 Å². The number of carbonyl (C=O) groups excluding carboxylic acids is 2. The lowest BCUT2D eigenvalue weighted by Gasteiger charge is -2.18. The molecule has 1 heterocycles. The Kier molecular flexibility index (Phi) is 6.87. The first-order valence-corrected chi connectivity index (χ1v) is 11.7. The van der Waals surface area contributed by atoms with E-state index < -0.39 is 0 Å². The van der Waals surface area contributed by atoms with Crippen LogP contribution in [-0.2, 0) is 6.42 Å². The van der Waals surface area contributed by atoms with E-state index >= 15 is 0 Å². The molecule has 0 radical (unpaired) electrons. The monoisotopic (exact) mass is 466 g/mol. The SMILES string of the molecule is Cc1c(C)c(C)c(Cc2ccc(C(=O)Nc3cccc(C(=O)Nc4ccccc4)c3)o2)c(C)c1C. The summed E-state index contributed by atoms with van der Waals surface area (Å²) in [5, 5.41) is 5.68. The number of benzene rings is 3. The topological polar surface area (TPSA) is 71.3 Å². The highest BCUT2D eigenvalue weighted by molar-refractivity contribution is 6.06. The standard InChI is InChI=1S/C30H30N2O3/c1-18-19(2)21(4)27(22(5)20(18)3)17-26-14-15-28(35-26)30(34)32-25-13-9-10-23(16-25)29(33)31-24-11-7-6-8-12-24/h6-16H,17H2,1-5H3,(H,31,33)(H,32,34). The van der Waals surface area contributed by atoms with Crippen molar-refractivity contribution >= 4 is 23.2 Å². The molecule has 0 saturated carbocycles. The molecule has 0 spiro atoms. The van der Waals surface area contributed by atoms with Crippen LogP contribution in [-0.4, -0.2) is 11.8 Å². The summed E-state index contributed by atoms with van der Waals surface area (Å²) in [4.78, 5) is 25.4. The summed E-state index contributed by atoms with van der Waals surface area (Å²) in [6.07, 6.45) is 0.627. The van der Waals surface area contributed by atoms with Crippen LogP contribution in [0.25, 0.3) is 0 Å². The van der Waals surface area contributed by atoms with Crippen LogP contribution >= 0.6 is 0 Å². The van der Waals surface area contributed by atoms with Gasteiger partial charge < -0.3 is 15.1 Å². The van der Waals surface area contributed by atoms with E-state index in [2.05, 4.69) is 45.3 Å². The number of carbonyl (C=O) groups is 2. The van der Waals surface area contributed by atoms with E-state index in [-0.39, 0.29) is 17.6 Å². The number of amides is 2. The molecule has 0 saturated heterocycles. The fourth-order valence-corrected chi connectivity index (χ4v) is 4.27. The molecule has 0 aliphatic carbocycles. The predicted molar refractivity (Wildman–Crippen MR) is 140 cm³/mol. The molecule has 0 atom stereocenters. The lowest BCUT2D eigenvalue weighted by Crippen LogP contribution is -2.14. The molecule has 4 rings (SSSR count). The summed E-state index contributed by atoms with van der Waals surface area (Å²) in [6.45, 7) is 10.7. The zero-order valence-electron chi connectivity index (χ0n) is 20.8. The van der Waals surface area contributed by atoms with Crippen molar-refractivity contribution in [3.05, 3.63) is 117 Å². The third-order valence-corrected chi connectivity index (χ3v) is 6.81. The second-order valence-corrected chi connectivity index (χ2v) is 8.90. The Morgan fingerprint density at radius 2 is 1.26 bits per heavy atom. The van der Waals surface area contributed by atoms with E-state index in [1.807, 2.05) is 36.4 Å². The van der Waals surface area contributed by atoms with Crippen molar-refractivity contribution in [2.75, 3.05) is 10.6 Å². The van der Waals surface area contributed by atoms with Crippen LogP contribution < -0.4 is 10.6 Å². The zero-order valence-corrected chi connectivity index (χ0v) is 20.8. The van der Waals surface area contributed by atoms with Gasteiger partial charge in [0.05, 0.1) is 0 Å². The maximum Gasteiger partial charge on any atom is 0.291 e. The second kappa shape index (κ2) is 10.0. The highest BCUT2D eigenvalue weighted by atomic mass is 16.3. The second-order valence-electron chi connectivity index (χ2n) is 8.90. The summed E-state index contributed by atoms with van der Waals surface area (Å²) in [7, 11) is 0. The van der Waals surface area contributed by atoms with Gasteiger partial charge in [0.25, 0.3) is 11.8 Å². The van der Waals surface area contributed by atoms with Crippen molar-refractivity contribution in [2.45, 2.75) is 41.0 Å².